The zero-order chi connectivity index (χ0) is 15.8. The minimum absolute atomic E-state index is 0.0292. The Morgan fingerprint density at radius 3 is 2.81 bits per heavy atom. The molecule has 1 aromatic rings. The quantitative estimate of drug-likeness (QED) is 0.649. The Hall–Kier alpha value is -1.88. The lowest BCUT2D eigenvalue weighted by molar-refractivity contribution is -0.144. The summed E-state index contributed by atoms with van der Waals surface area (Å²) in [5, 5.41) is 2.64. The van der Waals surface area contributed by atoms with Crippen LogP contribution in [-0.2, 0) is 14.3 Å². The van der Waals surface area contributed by atoms with Gasteiger partial charge in [-0.25, -0.2) is 9.18 Å². The van der Waals surface area contributed by atoms with Gasteiger partial charge in [-0.1, -0.05) is 24.6 Å². The molecular formula is C15H17ClFNO3. The summed E-state index contributed by atoms with van der Waals surface area (Å²) in [6, 6.07) is 4.09. The molecule has 0 heterocycles. The van der Waals surface area contributed by atoms with E-state index in [4.69, 9.17) is 16.3 Å². The smallest absolute Gasteiger partial charge is 0.331 e. The first-order valence-corrected chi connectivity index (χ1v) is 6.89. The third kappa shape index (κ3) is 6.40. The molecule has 0 aliphatic heterocycles. The summed E-state index contributed by atoms with van der Waals surface area (Å²) in [5.74, 6) is -1.54. The fourth-order valence-electron chi connectivity index (χ4n) is 1.38. The number of amides is 1. The van der Waals surface area contributed by atoms with Crippen LogP contribution in [0.2, 0.25) is 5.02 Å². The summed E-state index contributed by atoms with van der Waals surface area (Å²) in [5.41, 5.74) is 0.558. The molecule has 0 saturated heterocycles. The number of carbonyl (C=O) groups is 2. The van der Waals surface area contributed by atoms with Gasteiger partial charge in [0.2, 0.25) is 0 Å². The van der Waals surface area contributed by atoms with Gasteiger partial charge in [0.15, 0.2) is 6.61 Å². The van der Waals surface area contributed by atoms with Crippen molar-refractivity contribution in [2.75, 3.05) is 6.61 Å². The lowest BCUT2D eigenvalue weighted by Crippen LogP contribution is -2.35. The number of benzene rings is 1. The molecular weight excluding hydrogens is 297 g/mol. The van der Waals surface area contributed by atoms with Crippen LogP contribution in [0.25, 0.3) is 6.08 Å². The van der Waals surface area contributed by atoms with E-state index in [1.165, 1.54) is 24.3 Å². The van der Waals surface area contributed by atoms with E-state index >= 15 is 0 Å². The second-order valence-corrected chi connectivity index (χ2v) is 4.90. The van der Waals surface area contributed by atoms with E-state index in [2.05, 4.69) is 5.32 Å². The van der Waals surface area contributed by atoms with E-state index in [0.29, 0.717) is 5.56 Å². The van der Waals surface area contributed by atoms with Crippen molar-refractivity contribution in [3.05, 3.63) is 40.7 Å². The molecule has 1 N–H and O–H groups in total. The van der Waals surface area contributed by atoms with E-state index < -0.39 is 11.8 Å². The van der Waals surface area contributed by atoms with Crippen LogP contribution in [0, 0.1) is 5.82 Å². The Morgan fingerprint density at radius 1 is 1.48 bits per heavy atom. The number of carbonyl (C=O) groups excluding carboxylic acids is 2. The minimum Gasteiger partial charge on any atom is -0.452 e. The number of hydrogen-bond donors (Lipinski definition) is 1. The highest BCUT2D eigenvalue weighted by molar-refractivity contribution is 6.30. The fraction of sp³-hybridized carbons (Fsp3) is 0.333. The minimum atomic E-state index is -0.658. The van der Waals surface area contributed by atoms with Crippen molar-refractivity contribution in [3.63, 3.8) is 0 Å². The second-order valence-electron chi connectivity index (χ2n) is 4.49. The van der Waals surface area contributed by atoms with Crippen molar-refractivity contribution in [1.29, 1.82) is 0 Å². The topological polar surface area (TPSA) is 55.4 Å². The van der Waals surface area contributed by atoms with E-state index in [0.717, 1.165) is 12.5 Å². The van der Waals surface area contributed by atoms with Crippen molar-refractivity contribution >= 4 is 29.6 Å². The largest absolute Gasteiger partial charge is 0.452 e. The molecule has 1 amide bonds. The van der Waals surface area contributed by atoms with Crippen LogP contribution in [0.1, 0.15) is 25.8 Å². The van der Waals surface area contributed by atoms with Gasteiger partial charge in [-0.15, -0.1) is 0 Å². The van der Waals surface area contributed by atoms with Gasteiger partial charge < -0.3 is 10.1 Å². The molecule has 1 atom stereocenters. The van der Waals surface area contributed by atoms with Crippen molar-refractivity contribution in [3.8, 4) is 0 Å². The van der Waals surface area contributed by atoms with E-state index in [1.807, 2.05) is 13.8 Å². The van der Waals surface area contributed by atoms with Crippen LogP contribution in [0.3, 0.4) is 0 Å². The Labute approximate surface area is 127 Å². The maximum atomic E-state index is 12.9. The molecule has 1 rings (SSSR count). The Bertz CT molecular complexity index is 546. The number of esters is 1. The molecule has 0 fully saturated rings. The summed E-state index contributed by atoms with van der Waals surface area (Å²) >= 11 is 5.62. The van der Waals surface area contributed by atoms with Gasteiger partial charge in [-0.3, -0.25) is 4.79 Å². The highest BCUT2D eigenvalue weighted by Crippen LogP contribution is 2.16. The first-order chi connectivity index (χ1) is 9.92. The van der Waals surface area contributed by atoms with Crippen molar-refractivity contribution in [2.45, 2.75) is 26.3 Å². The van der Waals surface area contributed by atoms with Crippen molar-refractivity contribution in [1.82, 2.24) is 5.32 Å². The molecule has 6 heteroatoms. The van der Waals surface area contributed by atoms with Crippen LogP contribution >= 0.6 is 11.6 Å². The third-order valence-corrected chi connectivity index (χ3v) is 3.01. The molecule has 4 nitrogen and oxygen atoms in total. The normalized spacial score (nSPS) is 12.2. The standard InChI is InChI=1S/C15H17ClFNO3/c1-3-10(2)18-14(19)9-21-15(20)7-5-11-4-6-13(17)12(16)8-11/h4-8,10H,3,9H2,1-2H3,(H,18,19)/b7-5+/t10-/m0/s1. The first kappa shape index (κ1) is 17.2. The maximum Gasteiger partial charge on any atom is 0.331 e. The fourth-order valence-corrected chi connectivity index (χ4v) is 1.57. The molecule has 114 valence electrons. The Balaban J connectivity index is 2.44. The van der Waals surface area contributed by atoms with Crippen LogP contribution in [0.5, 0.6) is 0 Å². The lowest BCUT2D eigenvalue weighted by atomic mass is 10.2. The summed E-state index contributed by atoms with van der Waals surface area (Å²) < 4.78 is 17.7. The number of rotatable bonds is 6. The monoisotopic (exact) mass is 313 g/mol. The molecule has 21 heavy (non-hydrogen) atoms. The first-order valence-electron chi connectivity index (χ1n) is 6.51. The third-order valence-electron chi connectivity index (χ3n) is 2.72. The highest BCUT2D eigenvalue weighted by Gasteiger charge is 2.07. The molecule has 1 aromatic carbocycles. The lowest BCUT2D eigenvalue weighted by Gasteiger charge is -2.10. The predicted molar refractivity (Wildman–Crippen MR) is 79.3 cm³/mol. The molecule has 0 saturated carbocycles. The maximum absolute atomic E-state index is 12.9. The highest BCUT2D eigenvalue weighted by atomic mass is 35.5. The number of ether oxygens (including phenoxy) is 1. The molecule has 0 aliphatic carbocycles. The van der Waals surface area contributed by atoms with Crippen LogP contribution in [0.15, 0.2) is 24.3 Å². The molecule has 0 radical (unpaired) electrons. The zero-order valence-electron chi connectivity index (χ0n) is 11.9. The van der Waals surface area contributed by atoms with Gasteiger partial charge in [0.25, 0.3) is 5.91 Å². The number of hydrogen-bond acceptors (Lipinski definition) is 3. The van der Waals surface area contributed by atoms with E-state index in [-0.39, 0.29) is 23.6 Å². The van der Waals surface area contributed by atoms with E-state index in [1.54, 1.807) is 0 Å². The summed E-state index contributed by atoms with van der Waals surface area (Å²) in [6.45, 7) is 3.46. The van der Waals surface area contributed by atoms with Gasteiger partial charge >= 0.3 is 5.97 Å². The average molecular weight is 314 g/mol. The van der Waals surface area contributed by atoms with Crippen molar-refractivity contribution < 1.29 is 18.7 Å². The van der Waals surface area contributed by atoms with Crippen LogP contribution in [0.4, 0.5) is 4.39 Å². The summed E-state index contributed by atoms with van der Waals surface area (Å²) in [7, 11) is 0. The zero-order valence-corrected chi connectivity index (χ0v) is 12.6. The molecule has 0 bridgehead atoms. The van der Waals surface area contributed by atoms with Gasteiger partial charge in [0.1, 0.15) is 5.82 Å². The predicted octanol–water partition coefficient (Wildman–Crippen LogP) is 2.95. The van der Waals surface area contributed by atoms with Gasteiger partial charge in [-0.05, 0) is 37.1 Å². The van der Waals surface area contributed by atoms with Crippen molar-refractivity contribution in [2.24, 2.45) is 0 Å². The molecule has 0 unspecified atom stereocenters. The van der Waals surface area contributed by atoms with E-state index in [9.17, 15) is 14.0 Å². The van der Waals surface area contributed by atoms with Gasteiger partial charge in [0.05, 0.1) is 5.02 Å². The van der Waals surface area contributed by atoms with Gasteiger partial charge in [-0.2, -0.15) is 0 Å². The molecule has 0 aromatic heterocycles. The SMILES string of the molecule is CC[C@H](C)NC(=O)COC(=O)/C=C/c1ccc(F)c(Cl)c1. The molecule has 0 spiro atoms. The van der Waals surface area contributed by atoms with Crippen LogP contribution < -0.4 is 5.32 Å². The summed E-state index contributed by atoms with van der Waals surface area (Å²) in [4.78, 5) is 22.8. The number of halogens is 2. The Morgan fingerprint density at radius 2 is 2.19 bits per heavy atom. The average Bonchev–Trinajstić information content (AvgIpc) is 2.46. The van der Waals surface area contributed by atoms with Gasteiger partial charge in [0, 0.05) is 12.1 Å². The van der Waals surface area contributed by atoms with Crippen LogP contribution in [-0.4, -0.2) is 24.5 Å². The Kier molecular flexibility index (Phi) is 6.88. The molecule has 0 aliphatic rings. The number of nitrogens with one attached hydrogen (secondary N) is 1. The summed E-state index contributed by atoms with van der Waals surface area (Å²) in [6.07, 6.45) is 3.38. The second kappa shape index (κ2) is 8.42.